The van der Waals surface area contributed by atoms with E-state index in [1.54, 1.807) is 0 Å². The van der Waals surface area contributed by atoms with Crippen molar-refractivity contribution in [2.45, 2.75) is 38.1 Å². The zero-order chi connectivity index (χ0) is 14.5. The monoisotopic (exact) mass is 296 g/mol. The maximum absolute atomic E-state index is 12.2. The molecule has 20 heavy (non-hydrogen) atoms. The van der Waals surface area contributed by atoms with Gasteiger partial charge in [-0.15, -0.1) is 0 Å². The van der Waals surface area contributed by atoms with E-state index < -0.39 is 11.9 Å². The fourth-order valence-corrected chi connectivity index (χ4v) is 2.76. The highest BCUT2D eigenvalue weighted by Gasteiger charge is 2.31. The Bertz CT molecular complexity index is 507. The van der Waals surface area contributed by atoms with E-state index in [2.05, 4.69) is 10.3 Å². The fourth-order valence-electron chi connectivity index (χ4n) is 2.57. The largest absolute Gasteiger partial charge is 0.481 e. The van der Waals surface area contributed by atoms with Crippen molar-refractivity contribution in [2.75, 3.05) is 0 Å². The number of hydrogen-bond acceptors (Lipinski definition) is 3. The maximum Gasteiger partial charge on any atom is 0.308 e. The summed E-state index contributed by atoms with van der Waals surface area (Å²) in [6.07, 6.45) is 6.99. The Morgan fingerprint density at radius 1 is 1.30 bits per heavy atom. The Hall–Kier alpha value is -1.62. The Morgan fingerprint density at radius 2 is 2.05 bits per heavy atom. The van der Waals surface area contributed by atoms with Gasteiger partial charge < -0.3 is 10.4 Å². The summed E-state index contributed by atoms with van der Waals surface area (Å²) in [6.45, 7) is 0. The number of aliphatic carboxylic acids is 1. The minimum Gasteiger partial charge on any atom is -0.481 e. The smallest absolute Gasteiger partial charge is 0.308 e. The summed E-state index contributed by atoms with van der Waals surface area (Å²) in [5, 5.41) is 12.4. The minimum atomic E-state index is -0.852. The summed E-state index contributed by atoms with van der Waals surface area (Å²) >= 11 is 5.95. The second-order valence-corrected chi connectivity index (χ2v) is 5.43. The summed E-state index contributed by atoms with van der Waals surface area (Å²) in [5.41, 5.74) is 0.280. The van der Waals surface area contributed by atoms with Crippen LogP contribution >= 0.6 is 11.6 Å². The van der Waals surface area contributed by atoms with Crippen LogP contribution in [0.15, 0.2) is 18.5 Å². The van der Waals surface area contributed by atoms with Gasteiger partial charge in [-0.2, -0.15) is 0 Å². The Kier molecular flexibility index (Phi) is 4.95. The lowest BCUT2D eigenvalue weighted by Gasteiger charge is -2.23. The molecule has 1 saturated carbocycles. The molecular formula is C14H17ClN2O3. The van der Waals surface area contributed by atoms with E-state index >= 15 is 0 Å². The van der Waals surface area contributed by atoms with E-state index in [1.807, 2.05) is 0 Å². The van der Waals surface area contributed by atoms with E-state index in [-0.39, 0.29) is 17.5 Å². The Balaban J connectivity index is 2.12. The molecule has 1 fully saturated rings. The summed E-state index contributed by atoms with van der Waals surface area (Å²) in [7, 11) is 0. The van der Waals surface area contributed by atoms with Gasteiger partial charge in [0.1, 0.15) is 0 Å². The number of carbonyl (C=O) groups is 2. The fraction of sp³-hybridized carbons (Fsp3) is 0.500. The van der Waals surface area contributed by atoms with Crippen molar-refractivity contribution in [1.82, 2.24) is 10.3 Å². The van der Waals surface area contributed by atoms with Gasteiger partial charge in [-0.05, 0) is 18.9 Å². The van der Waals surface area contributed by atoms with Crippen LogP contribution in [0.4, 0.5) is 0 Å². The molecule has 108 valence electrons. The summed E-state index contributed by atoms with van der Waals surface area (Å²) in [5.74, 6) is -1.74. The molecule has 1 aliphatic rings. The molecule has 0 bridgehead atoms. The average molecular weight is 297 g/mol. The van der Waals surface area contributed by atoms with Crippen LogP contribution in [-0.4, -0.2) is 28.0 Å². The number of pyridine rings is 1. The molecule has 0 aromatic carbocycles. The van der Waals surface area contributed by atoms with Gasteiger partial charge in [0.15, 0.2) is 0 Å². The van der Waals surface area contributed by atoms with E-state index in [0.717, 1.165) is 19.3 Å². The van der Waals surface area contributed by atoms with E-state index in [1.165, 1.54) is 18.5 Å². The van der Waals surface area contributed by atoms with E-state index in [4.69, 9.17) is 11.6 Å². The SMILES string of the molecule is O=C(NC1CCCCCC1C(=O)O)c1cnccc1Cl. The molecule has 1 aliphatic carbocycles. The molecule has 0 saturated heterocycles. The highest BCUT2D eigenvalue weighted by Crippen LogP contribution is 2.24. The van der Waals surface area contributed by atoms with Crippen molar-refractivity contribution < 1.29 is 14.7 Å². The highest BCUT2D eigenvalue weighted by molar-refractivity contribution is 6.33. The molecule has 0 radical (unpaired) electrons. The lowest BCUT2D eigenvalue weighted by atomic mass is 9.94. The van der Waals surface area contributed by atoms with Gasteiger partial charge in [-0.25, -0.2) is 0 Å². The van der Waals surface area contributed by atoms with Crippen LogP contribution in [-0.2, 0) is 4.79 Å². The molecule has 0 aliphatic heterocycles. The molecule has 5 nitrogen and oxygen atoms in total. The molecule has 2 unspecified atom stereocenters. The van der Waals surface area contributed by atoms with Crippen molar-refractivity contribution in [2.24, 2.45) is 5.92 Å². The lowest BCUT2D eigenvalue weighted by molar-refractivity contribution is -0.142. The molecule has 0 spiro atoms. The van der Waals surface area contributed by atoms with Gasteiger partial charge in [-0.3, -0.25) is 14.6 Å². The number of carboxylic acids is 1. The van der Waals surface area contributed by atoms with Gasteiger partial charge in [0.2, 0.25) is 0 Å². The molecule has 1 aromatic heterocycles. The first-order chi connectivity index (χ1) is 9.59. The normalized spacial score (nSPS) is 22.9. The van der Waals surface area contributed by atoms with Crippen LogP contribution in [0.2, 0.25) is 5.02 Å². The minimum absolute atomic E-state index is 0.280. The lowest BCUT2D eigenvalue weighted by Crippen LogP contribution is -2.42. The van der Waals surface area contributed by atoms with Crippen LogP contribution in [0.5, 0.6) is 0 Å². The first kappa shape index (κ1) is 14.8. The number of carbonyl (C=O) groups excluding carboxylic acids is 1. The summed E-state index contributed by atoms with van der Waals surface area (Å²) in [6, 6.07) is 1.19. The third-order valence-corrected chi connectivity index (χ3v) is 3.99. The van der Waals surface area contributed by atoms with Gasteiger partial charge in [0, 0.05) is 18.4 Å². The predicted octanol–water partition coefficient (Wildman–Crippen LogP) is 2.50. The van der Waals surface area contributed by atoms with Crippen LogP contribution < -0.4 is 5.32 Å². The number of halogens is 1. The van der Waals surface area contributed by atoms with Gasteiger partial charge >= 0.3 is 5.97 Å². The molecular weight excluding hydrogens is 280 g/mol. The maximum atomic E-state index is 12.2. The third-order valence-electron chi connectivity index (χ3n) is 3.66. The number of aromatic nitrogens is 1. The van der Waals surface area contributed by atoms with Crippen LogP contribution in [0.1, 0.15) is 42.5 Å². The number of hydrogen-bond donors (Lipinski definition) is 2. The predicted molar refractivity (Wildman–Crippen MR) is 74.7 cm³/mol. The van der Waals surface area contributed by atoms with Crippen molar-refractivity contribution in [1.29, 1.82) is 0 Å². The number of nitrogens with one attached hydrogen (secondary N) is 1. The molecule has 1 aromatic rings. The third kappa shape index (κ3) is 3.48. The molecule has 6 heteroatoms. The molecule has 2 rings (SSSR count). The first-order valence-corrected chi connectivity index (χ1v) is 7.10. The Morgan fingerprint density at radius 3 is 2.75 bits per heavy atom. The van der Waals surface area contributed by atoms with E-state index in [9.17, 15) is 14.7 Å². The second-order valence-electron chi connectivity index (χ2n) is 5.02. The highest BCUT2D eigenvalue weighted by atomic mass is 35.5. The number of carboxylic acid groups (broad SMARTS) is 1. The number of nitrogens with zero attached hydrogens (tertiary/aromatic N) is 1. The van der Waals surface area contributed by atoms with Crippen molar-refractivity contribution in [3.8, 4) is 0 Å². The van der Waals surface area contributed by atoms with Crippen molar-refractivity contribution in [3.63, 3.8) is 0 Å². The molecule has 2 N–H and O–H groups in total. The van der Waals surface area contributed by atoms with Gasteiger partial charge in [-0.1, -0.05) is 30.9 Å². The number of amides is 1. The zero-order valence-corrected chi connectivity index (χ0v) is 11.8. The topological polar surface area (TPSA) is 79.3 Å². The van der Waals surface area contributed by atoms with Crippen LogP contribution in [0.25, 0.3) is 0 Å². The second kappa shape index (κ2) is 6.70. The van der Waals surface area contributed by atoms with Gasteiger partial charge in [0.05, 0.1) is 16.5 Å². The van der Waals surface area contributed by atoms with Gasteiger partial charge in [0.25, 0.3) is 5.91 Å². The molecule has 2 atom stereocenters. The number of rotatable bonds is 3. The van der Waals surface area contributed by atoms with Crippen LogP contribution in [0.3, 0.4) is 0 Å². The first-order valence-electron chi connectivity index (χ1n) is 6.73. The quantitative estimate of drug-likeness (QED) is 0.840. The molecule has 1 heterocycles. The van der Waals surface area contributed by atoms with E-state index in [0.29, 0.717) is 17.9 Å². The van der Waals surface area contributed by atoms with Crippen molar-refractivity contribution >= 4 is 23.5 Å². The zero-order valence-electron chi connectivity index (χ0n) is 11.0. The average Bonchev–Trinajstić information content (AvgIpc) is 2.64. The van der Waals surface area contributed by atoms with Crippen molar-refractivity contribution in [3.05, 3.63) is 29.0 Å². The standard InChI is InChI=1S/C14H17ClN2O3/c15-11-6-7-16-8-10(11)13(18)17-12-5-3-1-2-4-9(12)14(19)20/h6-9,12H,1-5H2,(H,17,18)(H,19,20). The van der Waals surface area contributed by atoms with Crippen LogP contribution in [0, 0.1) is 5.92 Å². The summed E-state index contributed by atoms with van der Waals surface area (Å²) in [4.78, 5) is 27.4. The molecule has 1 amide bonds. The Labute approximate surface area is 122 Å². The summed E-state index contributed by atoms with van der Waals surface area (Å²) < 4.78 is 0.